The van der Waals surface area contributed by atoms with Crippen LogP contribution in [0.2, 0.25) is 0 Å². The van der Waals surface area contributed by atoms with Crippen LogP contribution in [0.25, 0.3) is 0 Å². The predicted octanol–water partition coefficient (Wildman–Crippen LogP) is 3.22. The van der Waals surface area contributed by atoms with Gasteiger partial charge in [-0.2, -0.15) is 0 Å². The van der Waals surface area contributed by atoms with Crippen LogP contribution in [0.5, 0.6) is 0 Å². The molecule has 5 rings (SSSR count). The number of likely N-dealkylation sites (tertiary alicyclic amines) is 1. The molecule has 0 radical (unpaired) electrons. The molecule has 1 saturated heterocycles. The number of aromatic nitrogens is 1. The number of nitrogens with two attached hydrogens (primary N) is 1. The van der Waals surface area contributed by atoms with E-state index in [0.29, 0.717) is 12.8 Å². The van der Waals surface area contributed by atoms with E-state index in [0.717, 1.165) is 37.9 Å². The van der Waals surface area contributed by atoms with Crippen molar-refractivity contribution in [2.24, 2.45) is 29.4 Å². The van der Waals surface area contributed by atoms with Gasteiger partial charge in [0, 0.05) is 56.1 Å². The largest absolute Gasteiger partial charge is 0.373 e. The summed E-state index contributed by atoms with van der Waals surface area (Å²) < 4.78 is 33.5. The fourth-order valence-electron chi connectivity index (χ4n) is 6.58. The number of amides is 1. The molecule has 3 saturated carbocycles. The third-order valence-electron chi connectivity index (χ3n) is 7.96. The van der Waals surface area contributed by atoms with Gasteiger partial charge in [-0.1, -0.05) is 6.42 Å². The zero-order chi connectivity index (χ0) is 19.7. The molecule has 3 unspecified atom stereocenters. The highest BCUT2D eigenvalue weighted by Crippen LogP contribution is 2.65. The SMILES string of the molecule is COC1(c2ccnc(C(N)=O)c2)C2CCCC1CN(C1C[C@@H]3[C@H](C1)C3(F)F)C2.Cl. The average Bonchev–Trinajstić information content (AvgIpc) is 3.01. The number of fused-ring (bicyclic) bond motifs is 3. The summed E-state index contributed by atoms with van der Waals surface area (Å²) in [6.07, 6.45) is 6.09. The highest BCUT2D eigenvalue weighted by Gasteiger charge is 2.72. The Bertz CT molecular complexity index is 780. The minimum Gasteiger partial charge on any atom is -0.373 e. The van der Waals surface area contributed by atoms with Crippen molar-refractivity contribution in [3.8, 4) is 0 Å². The molecular formula is C21H28ClF2N3O2. The fourth-order valence-corrected chi connectivity index (χ4v) is 6.58. The Morgan fingerprint density at radius 3 is 2.41 bits per heavy atom. The Labute approximate surface area is 175 Å². The molecule has 2 N–H and O–H groups in total. The van der Waals surface area contributed by atoms with Gasteiger partial charge in [-0.05, 0) is 43.4 Å². The second kappa shape index (κ2) is 7.13. The fraction of sp³-hybridized carbons (Fsp3) is 0.714. The molecule has 29 heavy (non-hydrogen) atoms. The number of carbonyl (C=O) groups is 1. The average molecular weight is 428 g/mol. The van der Waals surface area contributed by atoms with Crippen molar-refractivity contribution in [1.82, 2.24) is 9.88 Å². The standard InChI is InChI=1S/C21H27F2N3O2.ClH/c1-28-20(12-5-6-25-18(7-12)19(24)27)13-3-2-4-14(20)11-26(10-13)15-8-16-17(9-15)21(16,22)23;/h5-7,13-17H,2-4,8-11H2,1H3,(H2,24,27);1H/t13?,14?,15?,16-,17+,20?;. The summed E-state index contributed by atoms with van der Waals surface area (Å²) in [4.78, 5) is 18.2. The Morgan fingerprint density at radius 1 is 1.24 bits per heavy atom. The third kappa shape index (κ3) is 3.00. The van der Waals surface area contributed by atoms with Crippen molar-refractivity contribution in [3.05, 3.63) is 29.6 Å². The number of halogens is 3. The Kier molecular flexibility index (Phi) is 5.15. The Balaban J connectivity index is 0.00000205. The van der Waals surface area contributed by atoms with Gasteiger partial charge in [0.2, 0.25) is 0 Å². The lowest BCUT2D eigenvalue weighted by molar-refractivity contribution is -0.175. The predicted molar refractivity (Wildman–Crippen MR) is 106 cm³/mol. The van der Waals surface area contributed by atoms with E-state index in [1.807, 2.05) is 6.07 Å². The summed E-state index contributed by atoms with van der Waals surface area (Å²) in [5.74, 6) is -3.21. The van der Waals surface area contributed by atoms with Gasteiger partial charge in [-0.15, -0.1) is 12.4 Å². The van der Waals surface area contributed by atoms with Crippen molar-refractivity contribution in [1.29, 1.82) is 0 Å². The van der Waals surface area contributed by atoms with E-state index in [-0.39, 0.29) is 36.0 Å². The molecule has 4 fully saturated rings. The first-order valence-electron chi connectivity index (χ1n) is 10.3. The molecule has 8 heteroatoms. The van der Waals surface area contributed by atoms with Crippen LogP contribution in [0.4, 0.5) is 8.78 Å². The van der Waals surface area contributed by atoms with Crippen molar-refractivity contribution < 1.29 is 18.3 Å². The van der Waals surface area contributed by atoms with Crippen molar-refractivity contribution in [3.63, 3.8) is 0 Å². The Morgan fingerprint density at radius 2 is 1.86 bits per heavy atom. The van der Waals surface area contributed by atoms with Crippen LogP contribution in [0.15, 0.2) is 18.3 Å². The van der Waals surface area contributed by atoms with Crippen LogP contribution in [0, 0.1) is 23.7 Å². The number of alkyl halides is 2. The first-order chi connectivity index (χ1) is 13.4. The topological polar surface area (TPSA) is 68.5 Å². The quantitative estimate of drug-likeness (QED) is 0.801. The summed E-state index contributed by atoms with van der Waals surface area (Å²) in [6, 6.07) is 3.98. The number of nitrogens with zero attached hydrogens (tertiary/aromatic N) is 2. The normalized spacial score (nSPS) is 40.0. The maximum atomic E-state index is 13.6. The zero-order valence-corrected chi connectivity index (χ0v) is 17.3. The van der Waals surface area contributed by atoms with E-state index in [1.54, 1.807) is 19.4 Å². The molecule has 1 amide bonds. The van der Waals surface area contributed by atoms with Crippen LogP contribution in [0.1, 0.15) is 48.2 Å². The number of primary amides is 1. The number of methoxy groups -OCH3 is 1. The molecule has 0 spiro atoms. The molecule has 4 aliphatic rings. The van der Waals surface area contributed by atoms with Crippen molar-refractivity contribution >= 4 is 18.3 Å². The van der Waals surface area contributed by atoms with Crippen LogP contribution in [-0.2, 0) is 10.3 Å². The number of hydrogen-bond acceptors (Lipinski definition) is 4. The molecule has 5 nitrogen and oxygen atoms in total. The highest BCUT2D eigenvalue weighted by molar-refractivity contribution is 5.90. The number of ether oxygens (including phenoxy) is 1. The number of carbonyl (C=O) groups excluding carboxylic acids is 1. The first-order valence-corrected chi connectivity index (χ1v) is 10.3. The molecule has 1 aliphatic heterocycles. The molecule has 5 atom stereocenters. The van der Waals surface area contributed by atoms with Crippen LogP contribution in [-0.4, -0.2) is 48.0 Å². The van der Waals surface area contributed by atoms with Crippen molar-refractivity contribution in [2.45, 2.75) is 49.7 Å². The zero-order valence-electron chi connectivity index (χ0n) is 16.5. The smallest absolute Gasteiger partial charge is 0.267 e. The van der Waals surface area contributed by atoms with Crippen LogP contribution >= 0.6 is 12.4 Å². The van der Waals surface area contributed by atoms with Gasteiger partial charge >= 0.3 is 0 Å². The maximum absolute atomic E-state index is 13.6. The Hall–Kier alpha value is -1.31. The van der Waals surface area contributed by atoms with Gasteiger partial charge in [-0.25, -0.2) is 8.78 Å². The maximum Gasteiger partial charge on any atom is 0.267 e. The molecule has 1 aromatic heterocycles. The molecule has 2 bridgehead atoms. The van der Waals surface area contributed by atoms with Crippen molar-refractivity contribution in [2.75, 3.05) is 20.2 Å². The summed E-state index contributed by atoms with van der Waals surface area (Å²) in [7, 11) is 1.75. The van der Waals surface area contributed by atoms with Gasteiger partial charge in [0.05, 0.1) is 0 Å². The van der Waals surface area contributed by atoms with Crippen LogP contribution in [0.3, 0.4) is 0 Å². The molecule has 3 aliphatic carbocycles. The third-order valence-corrected chi connectivity index (χ3v) is 7.96. The minimum absolute atomic E-state index is 0. The number of hydrogen-bond donors (Lipinski definition) is 1. The lowest BCUT2D eigenvalue weighted by Gasteiger charge is -2.56. The van der Waals surface area contributed by atoms with E-state index in [1.165, 1.54) is 0 Å². The minimum atomic E-state index is -2.42. The summed E-state index contributed by atoms with van der Waals surface area (Å²) in [6.45, 7) is 1.71. The summed E-state index contributed by atoms with van der Waals surface area (Å²) in [5, 5.41) is 0. The van der Waals surface area contributed by atoms with Gasteiger partial charge in [0.15, 0.2) is 0 Å². The summed E-state index contributed by atoms with van der Waals surface area (Å²) in [5.41, 5.74) is 6.20. The lowest BCUT2D eigenvalue weighted by atomic mass is 9.62. The number of rotatable bonds is 4. The van der Waals surface area contributed by atoms with E-state index in [4.69, 9.17) is 10.5 Å². The van der Waals surface area contributed by atoms with Gasteiger partial charge in [-0.3, -0.25) is 14.7 Å². The molecular weight excluding hydrogens is 400 g/mol. The molecule has 0 aromatic carbocycles. The highest BCUT2D eigenvalue weighted by atomic mass is 35.5. The van der Waals surface area contributed by atoms with E-state index in [9.17, 15) is 13.6 Å². The van der Waals surface area contributed by atoms with Gasteiger partial charge < -0.3 is 10.5 Å². The first kappa shape index (κ1) is 20.9. The van der Waals surface area contributed by atoms with E-state index in [2.05, 4.69) is 9.88 Å². The number of pyridine rings is 1. The van der Waals surface area contributed by atoms with Crippen LogP contribution < -0.4 is 5.73 Å². The van der Waals surface area contributed by atoms with E-state index < -0.39 is 29.3 Å². The molecule has 160 valence electrons. The number of piperidine rings is 1. The monoisotopic (exact) mass is 427 g/mol. The second-order valence-corrected chi connectivity index (χ2v) is 9.08. The van der Waals surface area contributed by atoms with Gasteiger partial charge in [0.25, 0.3) is 11.8 Å². The second-order valence-electron chi connectivity index (χ2n) is 9.08. The lowest BCUT2D eigenvalue weighted by Crippen LogP contribution is -2.60. The molecule has 2 heterocycles. The van der Waals surface area contributed by atoms with E-state index >= 15 is 0 Å². The summed E-state index contributed by atoms with van der Waals surface area (Å²) >= 11 is 0. The molecule has 1 aromatic rings. The van der Waals surface area contributed by atoms with Gasteiger partial charge in [0.1, 0.15) is 11.3 Å².